The van der Waals surface area contributed by atoms with Gasteiger partial charge in [0.1, 0.15) is 11.6 Å². The molecule has 0 spiro atoms. The zero-order valence-electron chi connectivity index (χ0n) is 12.9. The van der Waals surface area contributed by atoms with Crippen LogP contribution >= 0.6 is 0 Å². The summed E-state index contributed by atoms with van der Waals surface area (Å²) in [5.41, 5.74) is 6.27. The average Bonchev–Trinajstić information content (AvgIpc) is 2.47. The van der Waals surface area contributed by atoms with Crippen LogP contribution in [-0.2, 0) is 4.79 Å². The van der Waals surface area contributed by atoms with Crippen molar-refractivity contribution in [1.82, 2.24) is 5.32 Å². The molecular formula is C17H24F2N2O. The van der Waals surface area contributed by atoms with Crippen LogP contribution in [0.15, 0.2) is 18.2 Å². The first-order chi connectivity index (χ1) is 10.5. The highest BCUT2D eigenvalue weighted by molar-refractivity contribution is 5.79. The number of amides is 1. The van der Waals surface area contributed by atoms with Gasteiger partial charge in [0.05, 0.1) is 6.04 Å². The number of carbonyl (C=O) groups excluding carboxylic acids is 1. The maximum Gasteiger partial charge on any atom is 0.223 e. The molecule has 0 heterocycles. The van der Waals surface area contributed by atoms with E-state index in [0.717, 1.165) is 31.7 Å². The molecule has 3 unspecified atom stereocenters. The summed E-state index contributed by atoms with van der Waals surface area (Å²) in [4.78, 5) is 12.4. The molecule has 0 aromatic heterocycles. The first-order valence-corrected chi connectivity index (χ1v) is 8.02. The number of rotatable bonds is 5. The Balaban J connectivity index is 2.09. The van der Waals surface area contributed by atoms with Gasteiger partial charge < -0.3 is 11.1 Å². The van der Waals surface area contributed by atoms with Crippen LogP contribution < -0.4 is 11.1 Å². The van der Waals surface area contributed by atoms with Gasteiger partial charge in [0.2, 0.25) is 5.91 Å². The van der Waals surface area contributed by atoms with E-state index in [2.05, 4.69) is 5.32 Å². The lowest BCUT2D eigenvalue weighted by molar-refractivity contribution is -0.127. The van der Waals surface area contributed by atoms with E-state index in [1.807, 2.05) is 6.92 Å². The predicted molar refractivity (Wildman–Crippen MR) is 82.1 cm³/mol. The van der Waals surface area contributed by atoms with Gasteiger partial charge in [-0.2, -0.15) is 0 Å². The summed E-state index contributed by atoms with van der Waals surface area (Å²) in [5.74, 6) is -1.40. The van der Waals surface area contributed by atoms with Crippen molar-refractivity contribution in [3.05, 3.63) is 35.4 Å². The third kappa shape index (κ3) is 4.26. The van der Waals surface area contributed by atoms with Gasteiger partial charge >= 0.3 is 0 Å². The summed E-state index contributed by atoms with van der Waals surface area (Å²) in [6.07, 6.45) is 4.82. The van der Waals surface area contributed by atoms with E-state index in [4.69, 9.17) is 5.73 Å². The Morgan fingerprint density at radius 2 is 2.18 bits per heavy atom. The fourth-order valence-corrected chi connectivity index (χ4v) is 3.13. The predicted octanol–water partition coefficient (Wildman–Crippen LogP) is 3.44. The van der Waals surface area contributed by atoms with Gasteiger partial charge in [0.25, 0.3) is 0 Å². The number of halogens is 2. The fourth-order valence-electron chi connectivity index (χ4n) is 3.13. The third-order valence-corrected chi connectivity index (χ3v) is 4.32. The summed E-state index contributed by atoms with van der Waals surface area (Å²) in [6, 6.07) is 3.15. The second kappa shape index (κ2) is 7.68. The molecule has 0 radical (unpaired) electrons. The van der Waals surface area contributed by atoms with Crippen LogP contribution in [0.2, 0.25) is 0 Å². The Labute approximate surface area is 130 Å². The Kier molecular flexibility index (Phi) is 5.89. The van der Waals surface area contributed by atoms with Crippen LogP contribution in [0.25, 0.3) is 0 Å². The van der Waals surface area contributed by atoms with Crippen molar-refractivity contribution in [2.75, 3.05) is 0 Å². The molecule has 1 aromatic carbocycles. The molecule has 5 heteroatoms. The number of carbonyl (C=O) groups is 1. The van der Waals surface area contributed by atoms with Crippen molar-refractivity contribution in [2.45, 2.75) is 57.5 Å². The van der Waals surface area contributed by atoms with Crippen LogP contribution in [-0.4, -0.2) is 11.9 Å². The van der Waals surface area contributed by atoms with Gasteiger partial charge in [-0.05, 0) is 31.7 Å². The number of hydrogen-bond acceptors (Lipinski definition) is 2. The quantitative estimate of drug-likeness (QED) is 0.875. The lowest BCUT2D eigenvalue weighted by atomic mass is 9.85. The monoisotopic (exact) mass is 310 g/mol. The summed E-state index contributed by atoms with van der Waals surface area (Å²) in [6.45, 7) is 1.97. The Hall–Kier alpha value is -1.49. The lowest BCUT2D eigenvalue weighted by Crippen LogP contribution is -2.39. The summed E-state index contributed by atoms with van der Waals surface area (Å²) >= 11 is 0. The van der Waals surface area contributed by atoms with E-state index in [9.17, 15) is 13.6 Å². The summed E-state index contributed by atoms with van der Waals surface area (Å²) in [5, 5.41) is 2.93. The van der Waals surface area contributed by atoms with E-state index in [1.165, 1.54) is 12.1 Å². The van der Waals surface area contributed by atoms with Gasteiger partial charge in [-0.15, -0.1) is 0 Å². The normalized spacial score (nSPS) is 23.1. The molecule has 1 amide bonds. The zero-order chi connectivity index (χ0) is 16.1. The van der Waals surface area contributed by atoms with E-state index >= 15 is 0 Å². The van der Waals surface area contributed by atoms with Gasteiger partial charge in [0, 0.05) is 23.6 Å². The molecule has 0 saturated heterocycles. The standard InChI is InChI=1S/C17H24F2N2O/c1-2-4-16(14-8-7-12(18)10-15(14)19)21-17(22)11-5-3-6-13(20)9-11/h7-8,10-11,13,16H,2-6,9,20H2,1H3,(H,21,22). The molecular weight excluding hydrogens is 286 g/mol. The molecule has 1 aromatic rings. The van der Waals surface area contributed by atoms with Gasteiger partial charge in [-0.1, -0.05) is 25.8 Å². The minimum absolute atomic E-state index is 0.0664. The highest BCUT2D eigenvalue weighted by Crippen LogP contribution is 2.26. The molecule has 3 nitrogen and oxygen atoms in total. The molecule has 1 saturated carbocycles. The van der Waals surface area contributed by atoms with Gasteiger partial charge in [-0.3, -0.25) is 4.79 Å². The second-order valence-corrected chi connectivity index (χ2v) is 6.14. The van der Waals surface area contributed by atoms with E-state index in [-0.39, 0.29) is 17.9 Å². The van der Waals surface area contributed by atoms with E-state index in [1.54, 1.807) is 0 Å². The van der Waals surface area contributed by atoms with Crippen LogP contribution in [0, 0.1) is 17.6 Å². The first-order valence-electron chi connectivity index (χ1n) is 8.02. The van der Waals surface area contributed by atoms with Crippen molar-refractivity contribution in [1.29, 1.82) is 0 Å². The second-order valence-electron chi connectivity index (χ2n) is 6.14. The maximum atomic E-state index is 14.0. The van der Waals surface area contributed by atoms with Crippen molar-refractivity contribution in [3.63, 3.8) is 0 Å². The summed E-state index contributed by atoms with van der Waals surface area (Å²) < 4.78 is 27.0. The SMILES string of the molecule is CCCC(NC(=O)C1CCCC(N)C1)c1ccc(F)cc1F. The smallest absolute Gasteiger partial charge is 0.223 e. The van der Waals surface area contributed by atoms with Crippen LogP contribution in [0.3, 0.4) is 0 Å². The Morgan fingerprint density at radius 3 is 2.82 bits per heavy atom. The maximum absolute atomic E-state index is 14.0. The van der Waals surface area contributed by atoms with E-state index < -0.39 is 17.7 Å². The summed E-state index contributed by atoms with van der Waals surface area (Å²) in [7, 11) is 0. The Morgan fingerprint density at radius 1 is 1.41 bits per heavy atom. The van der Waals surface area contributed by atoms with E-state index in [0.29, 0.717) is 18.4 Å². The highest BCUT2D eigenvalue weighted by atomic mass is 19.1. The average molecular weight is 310 g/mol. The fraction of sp³-hybridized carbons (Fsp3) is 0.588. The molecule has 22 heavy (non-hydrogen) atoms. The van der Waals surface area contributed by atoms with Gasteiger partial charge in [-0.25, -0.2) is 8.78 Å². The minimum Gasteiger partial charge on any atom is -0.349 e. The molecule has 1 aliphatic carbocycles. The minimum atomic E-state index is -0.612. The van der Waals surface area contributed by atoms with Crippen molar-refractivity contribution >= 4 is 5.91 Å². The molecule has 1 fully saturated rings. The number of nitrogens with two attached hydrogens (primary N) is 1. The van der Waals surface area contributed by atoms with Crippen LogP contribution in [0.5, 0.6) is 0 Å². The van der Waals surface area contributed by atoms with Crippen molar-refractivity contribution in [2.24, 2.45) is 11.7 Å². The number of hydrogen-bond donors (Lipinski definition) is 2. The number of benzene rings is 1. The van der Waals surface area contributed by atoms with Crippen molar-refractivity contribution in [3.8, 4) is 0 Å². The zero-order valence-corrected chi connectivity index (χ0v) is 12.9. The lowest BCUT2D eigenvalue weighted by Gasteiger charge is -2.28. The molecule has 3 atom stereocenters. The third-order valence-electron chi connectivity index (χ3n) is 4.32. The molecule has 1 aliphatic rings. The molecule has 0 bridgehead atoms. The topological polar surface area (TPSA) is 55.1 Å². The van der Waals surface area contributed by atoms with Crippen molar-refractivity contribution < 1.29 is 13.6 Å². The molecule has 2 rings (SSSR count). The molecule has 0 aliphatic heterocycles. The highest BCUT2D eigenvalue weighted by Gasteiger charge is 2.27. The largest absolute Gasteiger partial charge is 0.349 e. The molecule has 3 N–H and O–H groups in total. The Bertz CT molecular complexity index is 521. The van der Waals surface area contributed by atoms with Gasteiger partial charge in [0.15, 0.2) is 0 Å². The van der Waals surface area contributed by atoms with Crippen LogP contribution in [0.4, 0.5) is 8.78 Å². The molecule has 122 valence electrons. The first kappa shape index (κ1) is 16.9. The number of nitrogens with one attached hydrogen (secondary N) is 1. The van der Waals surface area contributed by atoms with Crippen LogP contribution in [0.1, 0.15) is 57.1 Å².